The average Bonchev–Trinajstić information content (AvgIpc) is 2.73. The van der Waals surface area contributed by atoms with Gasteiger partial charge in [0.1, 0.15) is 5.75 Å². The first-order valence-electron chi connectivity index (χ1n) is 9.47. The predicted molar refractivity (Wildman–Crippen MR) is 111 cm³/mol. The van der Waals surface area contributed by atoms with Crippen molar-refractivity contribution >= 4 is 17.8 Å². The monoisotopic (exact) mass is 398 g/mol. The minimum atomic E-state index is -1.05. The van der Waals surface area contributed by atoms with Gasteiger partial charge in [0.2, 0.25) is 0 Å². The number of carboxylic acid groups (broad SMARTS) is 1. The van der Waals surface area contributed by atoms with Crippen molar-refractivity contribution in [3.05, 3.63) is 59.7 Å². The predicted octanol–water partition coefficient (Wildman–Crippen LogP) is 4.62. The minimum Gasteiger partial charge on any atom is -0.493 e. The maximum absolute atomic E-state index is 12.4. The van der Waals surface area contributed by atoms with Crippen LogP contribution in [0.2, 0.25) is 0 Å². The molecule has 0 amide bonds. The summed E-state index contributed by atoms with van der Waals surface area (Å²) in [5.74, 6) is 0.458. The highest BCUT2D eigenvalue weighted by molar-refractivity contribution is 6.06. The Kier molecular flexibility index (Phi) is 8.27. The van der Waals surface area contributed by atoms with Crippen molar-refractivity contribution in [2.45, 2.75) is 32.8 Å². The Morgan fingerprint density at radius 2 is 1.83 bits per heavy atom. The topological polar surface area (TPSA) is 82.1 Å². The van der Waals surface area contributed by atoms with Gasteiger partial charge in [-0.25, -0.2) is 4.79 Å². The number of ether oxygens (including phenoxy) is 3. The number of carbonyl (C=O) groups excluding carboxylic acids is 1. The van der Waals surface area contributed by atoms with Gasteiger partial charge in [-0.3, -0.25) is 4.79 Å². The number of allylic oxidation sites excluding steroid dienone is 1. The quantitative estimate of drug-likeness (QED) is 0.338. The first-order chi connectivity index (χ1) is 13.9. The molecule has 0 aliphatic heterocycles. The molecular formula is C23H26O6. The third-order valence-corrected chi connectivity index (χ3v) is 4.17. The number of rotatable bonds is 11. The van der Waals surface area contributed by atoms with Gasteiger partial charge in [0.05, 0.1) is 13.7 Å². The smallest absolute Gasteiger partial charge is 0.344 e. The number of unbranched alkanes of at least 4 members (excludes halogenated alkanes) is 1. The van der Waals surface area contributed by atoms with Crippen molar-refractivity contribution in [3.63, 3.8) is 0 Å². The fourth-order valence-electron chi connectivity index (χ4n) is 2.45. The second-order valence-electron chi connectivity index (χ2n) is 6.43. The second-order valence-corrected chi connectivity index (χ2v) is 6.43. The molecule has 0 fully saturated rings. The number of methoxy groups -OCH3 is 1. The highest BCUT2D eigenvalue weighted by atomic mass is 16.5. The van der Waals surface area contributed by atoms with Crippen LogP contribution < -0.4 is 14.2 Å². The lowest BCUT2D eigenvalue weighted by Gasteiger charge is -2.11. The maximum Gasteiger partial charge on any atom is 0.344 e. The van der Waals surface area contributed by atoms with E-state index in [1.54, 1.807) is 37.5 Å². The molecule has 0 radical (unpaired) electrons. The molecule has 2 aromatic rings. The van der Waals surface area contributed by atoms with E-state index >= 15 is 0 Å². The molecule has 0 spiro atoms. The van der Waals surface area contributed by atoms with Crippen LogP contribution in [-0.4, -0.2) is 36.7 Å². The Labute approximate surface area is 170 Å². The average molecular weight is 398 g/mol. The van der Waals surface area contributed by atoms with Crippen LogP contribution in [0.1, 0.15) is 42.6 Å². The summed E-state index contributed by atoms with van der Waals surface area (Å²) in [6.45, 7) is 4.17. The van der Waals surface area contributed by atoms with E-state index < -0.39 is 12.1 Å². The van der Waals surface area contributed by atoms with Crippen LogP contribution in [0.4, 0.5) is 0 Å². The second kappa shape index (κ2) is 10.9. The van der Waals surface area contributed by atoms with Gasteiger partial charge in [0.25, 0.3) is 0 Å². The molecule has 0 aromatic heterocycles. The van der Waals surface area contributed by atoms with Gasteiger partial charge in [-0.05, 0) is 61.4 Å². The van der Waals surface area contributed by atoms with Crippen molar-refractivity contribution < 1.29 is 28.9 Å². The Hall–Kier alpha value is -3.28. The largest absolute Gasteiger partial charge is 0.493 e. The number of hydrogen-bond acceptors (Lipinski definition) is 5. The molecule has 29 heavy (non-hydrogen) atoms. The molecule has 0 heterocycles. The van der Waals surface area contributed by atoms with E-state index in [4.69, 9.17) is 19.3 Å². The lowest BCUT2D eigenvalue weighted by molar-refractivity contribution is -0.144. The van der Waals surface area contributed by atoms with Crippen LogP contribution in [0.25, 0.3) is 6.08 Å². The van der Waals surface area contributed by atoms with E-state index in [1.165, 1.54) is 13.0 Å². The number of ketones is 1. The van der Waals surface area contributed by atoms with Crippen molar-refractivity contribution in [2.75, 3.05) is 13.7 Å². The maximum atomic E-state index is 12.4. The summed E-state index contributed by atoms with van der Waals surface area (Å²) in [4.78, 5) is 23.2. The number of aliphatic carboxylic acids is 1. The molecule has 0 bridgehead atoms. The highest BCUT2D eigenvalue weighted by Crippen LogP contribution is 2.29. The summed E-state index contributed by atoms with van der Waals surface area (Å²) < 4.78 is 16.3. The third kappa shape index (κ3) is 6.68. The van der Waals surface area contributed by atoms with Gasteiger partial charge in [-0.1, -0.05) is 25.5 Å². The van der Waals surface area contributed by atoms with Gasteiger partial charge in [-0.2, -0.15) is 0 Å². The van der Waals surface area contributed by atoms with E-state index in [9.17, 15) is 9.59 Å². The fourth-order valence-corrected chi connectivity index (χ4v) is 2.45. The lowest BCUT2D eigenvalue weighted by Crippen LogP contribution is -2.22. The van der Waals surface area contributed by atoms with Gasteiger partial charge in [0.15, 0.2) is 23.4 Å². The summed E-state index contributed by atoms with van der Waals surface area (Å²) in [7, 11) is 1.58. The summed E-state index contributed by atoms with van der Waals surface area (Å²) in [6, 6.07) is 11.9. The Morgan fingerprint density at radius 1 is 1.10 bits per heavy atom. The number of carboxylic acids is 1. The first-order valence-corrected chi connectivity index (χ1v) is 9.47. The van der Waals surface area contributed by atoms with Gasteiger partial charge in [-0.15, -0.1) is 0 Å². The van der Waals surface area contributed by atoms with Crippen LogP contribution in [0.15, 0.2) is 48.5 Å². The van der Waals surface area contributed by atoms with E-state index in [0.717, 1.165) is 18.4 Å². The number of carbonyl (C=O) groups is 2. The molecule has 6 nitrogen and oxygen atoms in total. The van der Waals surface area contributed by atoms with Crippen molar-refractivity contribution in [3.8, 4) is 17.2 Å². The molecule has 1 atom stereocenters. The van der Waals surface area contributed by atoms with Crippen molar-refractivity contribution in [1.82, 2.24) is 0 Å². The lowest BCUT2D eigenvalue weighted by atomic mass is 10.1. The zero-order valence-electron chi connectivity index (χ0n) is 16.9. The highest BCUT2D eigenvalue weighted by Gasteiger charge is 2.12. The molecule has 2 aromatic carbocycles. The summed E-state index contributed by atoms with van der Waals surface area (Å²) in [6.07, 6.45) is 4.25. The summed E-state index contributed by atoms with van der Waals surface area (Å²) >= 11 is 0. The van der Waals surface area contributed by atoms with Gasteiger partial charge >= 0.3 is 5.97 Å². The fraction of sp³-hybridized carbons (Fsp3) is 0.304. The van der Waals surface area contributed by atoms with Gasteiger partial charge < -0.3 is 19.3 Å². The normalized spacial score (nSPS) is 11.8. The number of benzene rings is 2. The number of hydrogen-bond donors (Lipinski definition) is 1. The van der Waals surface area contributed by atoms with Crippen LogP contribution in [0.5, 0.6) is 17.2 Å². The third-order valence-electron chi connectivity index (χ3n) is 4.17. The molecule has 2 rings (SSSR count). The zero-order chi connectivity index (χ0) is 21.2. The minimum absolute atomic E-state index is 0.176. The van der Waals surface area contributed by atoms with Crippen molar-refractivity contribution in [2.24, 2.45) is 0 Å². The van der Waals surface area contributed by atoms with Crippen LogP contribution in [0.3, 0.4) is 0 Å². The van der Waals surface area contributed by atoms with Crippen LogP contribution in [0, 0.1) is 0 Å². The van der Waals surface area contributed by atoms with Gasteiger partial charge in [0, 0.05) is 5.56 Å². The molecular weight excluding hydrogens is 372 g/mol. The Bertz CT molecular complexity index is 854. The van der Waals surface area contributed by atoms with E-state index in [0.29, 0.717) is 29.4 Å². The molecule has 1 N–H and O–H groups in total. The molecule has 0 saturated carbocycles. The van der Waals surface area contributed by atoms with E-state index in [1.807, 2.05) is 18.2 Å². The summed E-state index contributed by atoms with van der Waals surface area (Å²) in [5, 5.41) is 8.87. The van der Waals surface area contributed by atoms with Crippen LogP contribution in [-0.2, 0) is 4.79 Å². The summed E-state index contributed by atoms with van der Waals surface area (Å²) in [5.41, 5.74) is 1.29. The Morgan fingerprint density at radius 3 is 2.45 bits per heavy atom. The molecule has 154 valence electrons. The molecule has 0 saturated heterocycles. The first kappa shape index (κ1) is 22.0. The SMILES string of the molecule is CCCCOc1ccc(/C=C/C(=O)c2ccc(OC(C)C(=O)O)cc2)cc1OC. The van der Waals surface area contributed by atoms with E-state index in [-0.39, 0.29) is 5.78 Å². The van der Waals surface area contributed by atoms with Crippen molar-refractivity contribution in [1.29, 1.82) is 0 Å². The molecule has 1 unspecified atom stereocenters. The molecule has 0 aliphatic carbocycles. The standard InChI is InChI=1S/C23H26O6/c1-4-5-14-28-21-13-7-17(15-22(21)27-3)6-12-20(24)18-8-10-19(11-9-18)29-16(2)23(25)26/h6-13,15-16H,4-5,14H2,1-3H3,(H,25,26)/b12-6+. The Balaban J connectivity index is 2.03. The van der Waals surface area contributed by atoms with E-state index in [2.05, 4.69) is 6.92 Å². The molecule has 0 aliphatic rings. The zero-order valence-corrected chi connectivity index (χ0v) is 16.9. The molecule has 6 heteroatoms. The van der Waals surface area contributed by atoms with Crippen LogP contribution >= 0.6 is 0 Å².